The summed E-state index contributed by atoms with van der Waals surface area (Å²) in [6.45, 7) is 4.49. The van der Waals surface area contributed by atoms with Crippen LogP contribution in [0.5, 0.6) is 0 Å². The third-order valence-corrected chi connectivity index (χ3v) is 8.43. The smallest absolute Gasteiger partial charge is 0.423 e. The molecule has 2 aliphatic carbocycles. The highest BCUT2D eigenvalue weighted by atomic mass is 16.4. The molecular formula is C33H28BNO2. The Morgan fingerprint density at radius 2 is 1.46 bits per heavy atom. The largest absolute Gasteiger partial charge is 0.488 e. The van der Waals surface area contributed by atoms with E-state index >= 15 is 0 Å². The van der Waals surface area contributed by atoms with E-state index in [0.717, 1.165) is 12.0 Å². The molecule has 0 spiro atoms. The van der Waals surface area contributed by atoms with Crippen LogP contribution in [0.4, 0.5) is 11.4 Å². The molecule has 0 amide bonds. The Bertz CT molecular complexity index is 1620. The molecule has 1 heterocycles. The lowest BCUT2D eigenvalue weighted by Gasteiger charge is -2.31. The van der Waals surface area contributed by atoms with Gasteiger partial charge in [0.1, 0.15) is 0 Å². The first-order valence-electron chi connectivity index (χ1n) is 12.9. The third kappa shape index (κ3) is 3.30. The lowest BCUT2D eigenvalue weighted by molar-refractivity contribution is 0.426. The van der Waals surface area contributed by atoms with E-state index in [9.17, 15) is 10.0 Å². The molecule has 1 aliphatic heterocycles. The van der Waals surface area contributed by atoms with Gasteiger partial charge in [-0.3, -0.25) is 0 Å². The van der Waals surface area contributed by atoms with Gasteiger partial charge in [-0.05, 0) is 75.1 Å². The SMILES string of the molecule is CC1(C)c2ccc(B(O)O)cc2-c2cc(C3=CC=C4c5ccccc5N(c5ccccc5)C4C3)ccc21. The predicted octanol–water partition coefficient (Wildman–Crippen LogP) is 6.06. The van der Waals surface area contributed by atoms with Crippen molar-refractivity contribution in [1.82, 2.24) is 0 Å². The first-order valence-corrected chi connectivity index (χ1v) is 12.9. The molecule has 1 atom stereocenters. The Morgan fingerprint density at radius 1 is 0.757 bits per heavy atom. The number of fused-ring (bicyclic) bond motifs is 6. The summed E-state index contributed by atoms with van der Waals surface area (Å²) in [5.74, 6) is 0. The summed E-state index contributed by atoms with van der Waals surface area (Å²) in [4.78, 5) is 2.48. The molecule has 0 saturated heterocycles. The maximum absolute atomic E-state index is 9.81. The third-order valence-electron chi connectivity index (χ3n) is 8.43. The van der Waals surface area contributed by atoms with Crippen LogP contribution in [0.1, 0.15) is 42.5 Å². The molecule has 4 heteroatoms. The number of benzene rings is 4. The van der Waals surface area contributed by atoms with Crippen LogP contribution >= 0.6 is 0 Å². The van der Waals surface area contributed by atoms with Crippen LogP contribution in [0.15, 0.2) is 103 Å². The zero-order valence-electron chi connectivity index (χ0n) is 21.0. The fourth-order valence-electron chi connectivity index (χ4n) is 6.55. The van der Waals surface area contributed by atoms with E-state index in [1.165, 1.54) is 50.3 Å². The summed E-state index contributed by atoms with van der Waals surface area (Å²) in [6.07, 6.45) is 5.50. The Labute approximate surface area is 218 Å². The van der Waals surface area contributed by atoms with E-state index < -0.39 is 7.12 Å². The maximum Gasteiger partial charge on any atom is 0.488 e. The normalized spacial score (nSPS) is 18.4. The first kappa shape index (κ1) is 22.4. The molecule has 3 aliphatic rings. The summed E-state index contributed by atoms with van der Waals surface area (Å²) in [7, 11) is -1.47. The van der Waals surface area contributed by atoms with Crippen LogP contribution in [0.3, 0.4) is 0 Å². The minimum atomic E-state index is -1.47. The van der Waals surface area contributed by atoms with Crippen molar-refractivity contribution in [3.05, 3.63) is 125 Å². The van der Waals surface area contributed by atoms with E-state index in [0.29, 0.717) is 5.46 Å². The Hall–Kier alpha value is -3.86. The highest BCUT2D eigenvalue weighted by Crippen LogP contribution is 2.51. The molecule has 1 unspecified atom stereocenters. The highest BCUT2D eigenvalue weighted by Gasteiger charge is 2.38. The topological polar surface area (TPSA) is 43.7 Å². The fourth-order valence-corrected chi connectivity index (χ4v) is 6.55. The Kier molecular flexibility index (Phi) is 4.88. The molecule has 0 radical (unpaired) electrons. The van der Waals surface area contributed by atoms with Crippen molar-refractivity contribution >= 4 is 35.1 Å². The minimum absolute atomic E-state index is 0.132. The molecule has 0 aromatic heterocycles. The van der Waals surface area contributed by atoms with Gasteiger partial charge in [-0.1, -0.05) is 92.7 Å². The number of hydrogen-bond donors (Lipinski definition) is 2. The predicted molar refractivity (Wildman–Crippen MR) is 153 cm³/mol. The van der Waals surface area contributed by atoms with E-state index in [4.69, 9.17) is 0 Å². The summed E-state index contributed by atoms with van der Waals surface area (Å²) in [5, 5.41) is 19.6. The van der Waals surface area contributed by atoms with Crippen LogP contribution < -0.4 is 10.4 Å². The molecule has 4 aromatic rings. The van der Waals surface area contributed by atoms with Crippen LogP contribution in [0, 0.1) is 0 Å². The Balaban J connectivity index is 1.32. The second-order valence-electron chi connectivity index (χ2n) is 10.8. The standard InChI is InChI=1S/C33H28BNO2/c1-33(2)29-16-13-21(18-27(29)28-20-23(34(36)37)14-17-30(28)33)22-12-15-26-25-10-6-7-11-31(25)35(32(26)19-22)24-8-4-3-5-9-24/h3-18,20,32,36-37H,19H2,1-2H3. The van der Waals surface area contributed by atoms with Crippen LogP contribution in [0.25, 0.3) is 22.3 Å². The number of anilines is 2. The molecule has 0 fully saturated rings. The second-order valence-corrected chi connectivity index (χ2v) is 10.8. The summed E-state index contributed by atoms with van der Waals surface area (Å²) < 4.78 is 0. The summed E-state index contributed by atoms with van der Waals surface area (Å²) in [6, 6.07) is 32.3. The first-order chi connectivity index (χ1) is 17.9. The van der Waals surface area contributed by atoms with Crippen molar-refractivity contribution in [3.63, 3.8) is 0 Å². The van der Waals surface area contributed by atoms with E-state index in [1.54, 1.807) is 0 Å². The molecule has 7 rings (SSSR count). The van der Waals surface area contributed by atoms with Crippen molar-refractivity contribution in [2.24, 2.45) is 0 Å². The van der Waals surface area contributed by atoms with Crippen molar-refractivity contribution in [2.45, 2.75) is 31.7 Å². The number of para-hydroxylation sites is 2. The maximum atomic E-state index is 9.81. The number of rotatable bonds is 3. The lowest BCUT2D eigenvalue weighted by atomic mass is 9.77. The van der Waals surface area contributed by atoms with Crippen LogP contribution in [-0.4, -0.2) is 23.2 Å². The van der Waals surface area contributed by atoms with Gasteiger partial charge in [0.25, 0.3) is 0 Å². The molecule has 4 aromatic carbocycles. The monoisotopic (exact) mass is 481 g/mol. The molecule has 180 valence electrons. The van der Waals surface area contributed by atoms with E-state index in [1.807, 2.05) is 18.2 Å². The van der Waals surface area contributed by atoms with Gasteiger partial charge in [0.15, 0.2) is 0 Å². The van der Waals surface area contributed by atoms with Gasteiger partial charge in [0, 0.05) is 22.4 Å². The van der Waals surface area contributed by atoms with Crippen LogP contribution in [-0.2, 0) is 5.41 Å². The van der Waals surface area contributed by atoms with Gasteiger partial charge in [-0.2, -0.15) is 0 Å². The molecule has 3 nitrogen and oxygen atoms in total. The van der Waals surface area contributed by atoms with Crippen molar-refractivity contribution in [2.75, 3.05) is 4.90 Å². The van der Waals surface area contributed by atoms with Gasteiger partial charge < -0.3 is 14.9 Å². The van der Waals surface area contributed by atoms with E-state index in [-0.39, 0.29) is 11.5 Å². The zero-order chi connectivity index (χ0) is 25.3. The van der Waals surface area contributed by atoms with Crippen LogP contribution in [0.2, 0.25) is 0 Å². The summed E-state index contributed by atoms with van der Waals surface area (Å²) >= 11 is 0. The fraction of sp³-hybridized carbons (Fsp3) is 0.152. The lowest BCUT2D eigenvalue weighted by Crippen LogP contribution is -2.30. The van der Waals surface area contributed by atoms with Gasteiger partial charge >= 0.3 is 7.12 Å². The molecule has 0 bridgehead atoms. The molecule has 0 saturated carbocycles. The van der Waals surface area contributed by atoms with Gasteiger partial charge in [0.2, 0.25) is 0 Å². The number of nitrogens with zero attached hydrogens (tertiary/aromatic N) is 1. The minimum Gasteiger partial charge on any atom is -0.423 e. The summed E-state index contributed by atoms with van der Waals surface area (Å²) in [5.41, 5.74) is 12.9. The molecule has 37 heavy (non-hydrogen) atoms. The quantitative estimate of drug-likeness (QED) is 0.350. The van der Waals surface area contributed by atoms with E-state index in [2.05, 4.69) is 104 Å². The highest BCUT2D eigenvalue weighted by molar-refractivity contribution is 6.58. The van der Waals surface area contributed by atoms with Crippen molar-refractivity contribution in [3.8, 4) is 11.1 Å². The van der Waals surface area contributed by atoms with Gasteiger partial charge in [-0.15, -0.1) is 0 Å². The Morgan fingerprint density at radius 3 is 2.24 bits per heavy atom. The number of hydrogen-bond acceptors (Lipinski definition) is 3. The molecular weight excluding hydrogens is 453 g/mol. The average molecular weight is 481 g/mol. The molecule has 2 N–H and O–H groups in total. The van der Waals surface area contributed by atoms with Crippen molar-refractivity contribution in [1.29, 1.82) is 0 Å². The van der Waals surface area contributed by atoms with Gasteiger partial charge in [-0.25, -0.2) is 0 Å². The zero-order valence-corrected chi connectivity index (χ0v) is 21.0. The van der Waals surface area contributed by atoms with Crippen molar-refractivity contribution < 1.29 is 10.0 Å². The number of allylic oxidation sites excluding steroid dienone is 2. The van der Waals surface area contributed by atoms with Gasteiger partial charge in [0.05, 0.1) is 6.04 Å². The second kappa shape index (κ2) is 8.07. The average Bonchev–Trinajstić information content (AvgIpc) is 3.37.